The topological polar surface area (TPSA) is 126 Å². The van der Waals surface area contributed by atoms with E-state index in [0.29, 0.717) is 54.7 Å². The van der Waals surface area contributed by atoms with Crippen LogP contribution in [-0.4, -0.2) is 80.4 Å². The Morgan fingerprint density at radius 3 is 2.95 bits per heavy atom. The van der Waals surface area contributed by atoms with E-state index >= 15 is 0 Å². The lowest BCUT2D eigenvalue weighted by atomic mass is 9.95. The van der Waals surface area contributed by atoms with E-state index < -0.39 is 12.1 Å². The number of methoxy groups -OCH3 is 1. The number of amides is 2. The Morgan fingerprint density at radius 1 is 1.21 bits per heavy atom. The zero-order valence-electron chi connectivity index (χ0n) is 21.6. The van der Waals surface area contributed by atoms with Gasteiger partial charge in [-0.1, -0.05) is 5.21 Å². The Kier molecular flexibility index (Phi) is 6.48. The van der Waals surface area contributed by atoms with Crippen molar-refractivity contribution in [2.24, 2.45) is 7.05 Å². The van der Waals surface area contributed by atoms with Crippen molar-refractivity contribution < 1.29 is 23.8 Å². The van der Waals surface area contributed by atoms with Crippen LogP contribution in [0.4, 0.5) is 0 Å². The lowest BCUT2D eigenvalue weighted by molar-refractivity contribution is 0.0290. The molecule has 1 N–H and O–H groups in total. The van der Waals surface area contributed by atoms with Gasteiger partial charge in [0.05, 0.1) is 38.6 Å². The van der Waals surface area contributed by atoms with Crippen LogP contribution in [0.1, 0.15) is 50.6 Å². The van der Waals surface area contributed by atoms with Crippen molar-refractivity contribution in [1.29, 1.82) is 0 Å². The molecule has 12 heteroatoms. The van der Waals surface area contributed by atoms with Gasteiger partial charge in [-0.2, -0.15) is 5.10 Å². The van der Waals surface area contributed by atoms with E-state index in [1.165, 1.54) is 0 Å². The first-order valence-corrected chi connectivity index (χ1v) is 13.0. The molecule has 4 bridgehead atoms. The zero-order chi connectivity index (χ0) is 26.2. The van der Waals surface area contributed by atoms with Gasteiger partial charge in [-0.05, 0) is 43.9 Å². The number of ether oxygens (including phenoxy) is 3. The predicted octanol–water partition coefficient (Wildman–Crippen LogP) is 1.13. The summed E-state index contributed by atoms with van der Waals surface area (Å²) in [7, 11) is 3.45. The number of nitrogens with zero attached hydrogens (tertiary/aromatic N) is 6. The average Bonchev–Trinajstić information content (AvgIpc) is 3.64. The highest BCUT2D eigenvalue weighted by atomic mass is 16.5. The number of rotatable bonds is 2. The highest BCUT2D eigenvalue weighted by Crippen LogP contribution is 2.29. The van der Waals surface area contributed by atoms with Gasteiger partial charge in [-0.15, -0.1) is 5.10 Å². The molecular weight excluding hydrogens is 490 g/mol. The molecule has 2 aliphatic heterocycles. The van der Waals surface area contributed by atoms with Crippen LogP contribution in [0, 0.1) is 0 Å². The normalized spacial score (nSPS) is 21.4. The molecule has 6 rings (SSSR count). The molecule has 3 aromatic rings. The maximum atomic E-state index is 13.6. The lowest BCUT2D eigenvalue weighted by Crippen LogP contribution is -2.44. The molecule has 200 valence electrons. The third-order valence-electron chi connectivity index (χ3n) is 7.47. The summed E-state index contributed by atoms with van der Waals surface area (Å²) in [5, 5.41) is 16.0. The van der Waals surface area contributed by atoms with E-state index in [0.717, 1.165) is 36.9 Å². The van der Waals surface area contributed by atoms with Gasteiger partial charge < -0.3 is 24.4 Å². The molecule has 0 radical (unpaired) electrons. The fourth-order valence-corrected chi connectivity index (χ4v) is 5.48. The number of aryl methyl sites for hydroxylation is 1. The van der Waals surface area contributed by atoms with E-state index in [1.807, 2.05) is 17.9 Å². The van der Waals surface area contributed by atoms with E-state index in [-0.39, 0.29) is 18.4 Å². The molecule has 1 aromatic carbocycles. The molecule has 3 aliphatic rings. The molecule has 12 nitrogen and oxygen atoms in total. The molecule has 2 atom stereocenters. The third kappa shape index (κ3) is 4.60. The first-order valence-electron chi connectivity index (χ1n) is 13.0. The summed E-state index contributed by atoms with van der Waals surface area (Å²) in [5.41, 5.74) is 3.78. The van der Waals surface area contributed by atoms with Crippen LogP contribution in [0.25, 0.3) is 0 Å². The van der Waals surface area contributed by atoms with Crippen molar-refractivity contribution in [1.82, 2.24) is 35.0 Å². The quantitative estimate of drug-likeness (QED) is 0.532. The van der Waals surface area contributed by atoms with E-state index in [9.17, 15) is 9.59 Å². The van der Waals surface area contributed by atoms with Gasteiger partial charge in [0.2, 0.25) is 0 Å². The van der Waals surface area contributed by atoms with Crippen molar-refractivity contribution in [3.05, 3.63) is 52.6 Å². The first-order chi connectivity index (χ1) is 18.5. The van der Waals surface area contributed by atoms with Crippen LogP contribution in [-0.2, 0) is 37.8 Å². The van der Waals surface area contributed by atoms with Crippen molar-refractivity contribution in [2.45, 2.75) is 51.0 Å². The minimum atomic E-state index is -0.424. The van der Waals surface area contributed by atoms with Crippen LogP contribution >= 0.6 is 0 Å². The minimum absolute atomic E-state index is 0.130. The van der Waals surface area contributed by atoms with Gasteiger partial charge in [0.25, 0.3) is 11.8 Å². The highest BCUT2D eigenvalue weighted by Gasteiger charge is 2.39. The fraction of sp³-hybridized carbons (Fsp3) is 0.500. The summed E-state index contributed by atoms with van der Waals surface area (Å²) >= 11 is 0. The molecule has 1 aliphatic carbocycles. The smallest absolute Gasteiger partial charge is 0.274 e. The van der Waals surface area contributed by atoms with Crippen molar-refractivity contribution in [3.8, 4) is 11.5 Å². The Labute approximate surface area is 219 Å². The molecule has 0 unspecified atom stereocenters. The predicted molar refractivity (Wildman–Crippen MR) is 134 cm³/mol. The molecule has 1 fully saturated rings. The standard InChI is InChI=1S/C26H31N7O5/c1-31-20-6-4-3-5-18(20)24(29-31)26(35)32-13-19-23(14-32)38-15-17-12-33(30-28-17)9-10-37-22-11-16(25(34)27-19)7-8-21(22)36-2/h7-8,11-12,19,23H,3-6,9-10,13-15H2,1-2H3,(H,27,34)/t19-,23-/m0/s1. The van der Waals surface area contributed by atoms with Gasteiger partial charge in [0.15, 0.2) is 17.2 Å². The molecule has 4 heterocycles. The van der Waals surface area contributed by atoms with Gasteiger partial charge in [0, 0.05) is 37.0 Å². The Balaban J connectivity index is 1.28. The van der Waals surface area contributed by atoms with Gasteiger partial charge in [-0.3, -0.25) is 14.3 Å². The van der Waals surface area contributed by atoms with Crippen molar-refractivity contribution in [2.75, 3.05) is 26.8 Å². The molecular formula is C26H31N7O5. The monoisotopic (exact) mass is 521 g/mol. The summed E-state index contributed by atoms with van der Waals surface area (Å²) in [6, 6.07) is 4.64. The number of hydrogen-bond acceptors (Lipinski definition) is 8. The number of nitrogens with one attached hydrogen (secondary N) is 1. The molecule has 0 spiro atoms. The van der Waals surface area contributed by atoms with E-state index in [4.69, 9.17) is 14.2 Å². The maximum Gasteiger partial charge on any atom is 0.274 e. The van der Waals surface area contributed by atoms with Crippen LogP contribution in [0.3, 0.4) is 0 Å². The molecule has 2 aromatic heterocycles. The fourth-order valence-electron chi connectivity index (χ4n) is 5.48. The second-order valence-corrected chi connectivity index (χ2v) is 9.93. The van der Waals surface area contributed by atoms with E-state index in [1.54, 1.807) is 34.9 Å². The second kappa shape index (κ2) is 10.1. The van der Waals surface area contributed by atoms with Crippen LogP contribution in [0.5, 0.6) is 11.5 Å². The maximum absolute atomic E-state index is 13.6. The van der Waals surface area contributed by atoms with Crippen molar-refractivity contribution in [3.63, 3.8) is 0 Å². The minimum Gasteiger partial charge on any atom is -0.493 e. The number of hydrogen-bond donors (Lipinski definition) is 1. The second-order valence-electron chi connectivity index (χ2n) is 9.93. The number of fused-ring (bicyclic) bond motifs is 6. The number of carbonyl (C=O) groups is 2. The van der Waals surface area contributed by atoms with Crippen molar-refractivity contribution >= 4 is 11.8 Å². The molecule has 2 amide bonds. The largest absolute Gasteiger partial charge is 0.493 e. The van der Waals surface area contributed by atoms with Crippen LogP contribution < -0.4 is 14.8 Å². The summed E-state index contributed by atoms with van der Waals surface area (Å²) < 4.78 is 21.0. The number of likely N-dealkylation sites (tertiary alicyclic amines) is 1. The van der Waals surface area contributed by atoms with Gasteiger partial charge in [0.1, 0.15) is 12.3 Å². The molecule has 0 saturated carbocycles. The average molecular weight is 522 g/mol. The molecule has 1 saturated heterocycles. The first kappa shape index (κ1) is 24.4. The van der Waals surface area contributed by atoms with Gasteiger partial charge >= 0.3 is 0 Å². The van der Waals surface area contributed by atoms with Crippen LogP contribution in [0.15, 0.2) is 24.4 Å². The SMILES string of the molecule is COc1ccc2cc1OCCn1cc(nn1)CO[C@H]1CN(C(=O)c3nn(C)c4c3CCCC4)C[C@@H]1NC2=O. The van der Waals surface area contributed by atoms with E-state index in [2.05, 4.69) is 20.7 Å². The Morgan fingerprint density at radius 2 is 2.08 bits per heavy atom. The van der Waals surface area contributed by atoms with Crippen LogP contribution in [0.2, 0.25) is 0 Å². The lowest BCUT2D eigenvalue weighted by Gasteiger charge is -2.20. The summed E-state index contributed by atoms with van der Waals surface area (Å²) in [6.45, 7) is 1.65. The number of benzene rings is 1. The highest BCUT2D eigenvalue weighted by molar-refractivity contribution is 5.96. The Bertz CT molecular complexity index is 1370. The Hall–Kier alpha value is -3.93. The molecule has 38 heavy (non-hydrogen) atoms. The summed E-state index contributed by atoms with van der Waals surface area (Å²) in [6.07, 6.45) is 5.34. The number of carbonyl (C=O) groups excluding carboxylic acids is 2. The zero-order valence-corrected chi connectivity index (χ0v) is 21.6. The third-order valence-corrected chi connectivity index (χ3v) is 7.47. The summed E-state index contributed by atoms with van der Waals surface area (Å²) in [5.74, 6) is 0.586. The van der Waals surface area contributed by atoms with Gasteiger partial charge in [-0.25, -0.2) is 4.68 Å². The summed E-state index contributed by atoms with van der Waals surface area (Å²) in [4.78, 5) is 28.7. The number of aromatic nitrogens is 5.